The Bertz CT molecular complexity index is 314. The zero-order valence-electron chi connectivity index (χ0n) is 6.81. The summed E-state index contributed by atoms with van der Waals surface area (Å²) < 4.78 is 4.74. The van der Waals surface area contributed by atoms with Crippen molar-refractivity contribution in [2.45, 2.75) is 0 Å². The van der Waals surface area contributed by atoms with Crippen LogP contribution in [0, 0.1) is 0 Å². The van der Waals surface area contributed by atoms with Gasteiger partial charge < -0.3 is 19.8 Å². The Hall–Kier alpha value is -0.815. The number of pyridine rings is 1. The van der Waals surface area contributed by atoms with Gasteiger partial charge in [-0.1, -0.05) is 17.1 Å². The van der Waals surface area contributed by atoms with Gasteiger partial charge >= 0.3 is 6.75 Å². The smallest absolute Gasteiger partial charge is 0.406 e. The quantitative estimate of drug-likeness (QED) is 0.419. The van der Waals surface area contributed by atoms with E-state index in [2.05, 4.69) is 4.98 Å². The summed E-state index contributed by atoms with van der Waals surface area (Å²) in [5, 5.41) is 26.8. The van der Waals surface area contributed by atoms with Gasteiger partial charge in [0.1, 0.15) is 10.9 Å². The third-order valence-electron chi connectivity index (χ3n) is 1.50. The lowest BCUT2D eigenvalue weighted by atomic mass is 9.71. The molecule has 0 amide bonds. The first kappa shape index (κ1) is 10.3. The highest BCUT2D eigenvalue weighted by Crippen LogP contribution is 2.12. The Kier molecular flexibility index (Phi) is 2.77. The molecule has 0 saturated carbocycles. The Morgan fingerprint density at radius 3 is 2.54 bits per heavy atom. The van der Waals surface area contributed by atoms with Crippen molar-refractivity contribution in [2.24, 2.45) is 0 Å². The van der Waals surface area contributed by atoms with Gasteiger partial charge in [0.2, 0.25) is 0 Å². The molecule has 0 atom stereocenters. The largest absolute Gasteiger partial charge is 0.556 e. The van der Waals surface area contributed by atoms with Gasteiger partial charge in [-0.05, 0) is 6.07 Å². The molecule has 0 saturated heterocycles. The van der Waals surface area contributed by atoms with E-state index in [0.29, 0.717) is 0 Å². The molecule has 0 aliphatic rings. The zero-order chi connectivity index (χ0) is 10.1. The van der Waals surface area contributed by atoms with E-state index in [-0.39, 0.29) is 16.4 Å². The Morgan fingerprint density at radius 1 is 1.46 bits per heavy atom. The molecular weight excluding hydrogens is 196 g/mol. The summed E-state index contributed by atoms with van der Waals surface area (Å²) >= 11 is 5.49. The van der Waals surface area contributed by atoms with Crippen LogP contribution in [0.4, 0.5) is 0 Å². The van der Waals surface area contributed by atoms with Crippen LogP contribution in [0.15, 0.2) is 12.3 Å². The van der Waals surface area contributed by atoms with Gasteiger partial charge in [0.15, 0.2) is 0 Å². The van der Waals surface area contributed by atoms with Gasteiger partial charge in [-0.3, -0.25) is 0 Å². The van der Waals surface area contributed by atoms with Gasteiger partial charge in [0.25, 0.3) is 0 Å². The molecule has 13 heavy (non-hydrogen) atoms. The number of methoxy groups -OCH3 is 1. The number of hydrogen-bond acceptors (Lipinski definition) is 5. The Balaban J connectivity index is 3.24. The van der Waals surface area contributed by atoms with Crippen LogP contribution in [-0.4, -0.2) is 33.9 Å². The van der Waals surface area contributed by atoms with Crippen LogP contribution in [0.2, 0.25) is 5.15 Å². The van der Waals surface area contributed by atoms with Crippen molar-refractivity contribution in [2.75, 3.05) is 7.11 Å². The lowest BCUT2D eigenvalue weighted by Gasteiger charge is -2.23. The van der Waals surface area contributed by atoms with E-state index < -0.39 is 6.75 Å². The first-order chi connectivity index (χ1) is 5.95. The fourth-order valence-corrected chi connectivity index (χ4v) is 1.07. The van der Waals surface area contributed by atoms with Crippen LogP contribution in [-0.2, 0) is 0 Å². The van der Waals surface area contributed by atoms with Gasteiger partial charge in [0.05, 0.1) is 13.3 Å². The van der Waals surface area contributed by atoms with Crippen molar-refractivity contribution in [3.63, 3.8) is 0 Å². The molecule has 1 heterocycles. The highest BCUT2D eigenvalue weighted by molar-refractivity contribution is 6.72. The van der Waals surface area contributed by atoms with E-state index in [0.717, 1.165) is 6.07 Å². The minimum absolute atomic E-state index is 0.0409. The highest BCUT2D eigenvalue weighted by atomic mass is 35.5. The monoisotopic (exact) mass is 204 g/mol. The maximum Gasteiger partial charge on any atom is 0.406 e. The molecule has 1 aromatic heterocycles. The third kappa shape index (κ3) is 2.32. The molecule has 0 radical (unpaired) electrons. The van der Waals surface area contributed by atoms with Gasteiger partial charge in [-0.25, -0.2) is 4.98 Å². The number of ether oxygens (including phenoxy) is 1. The summed E-state index contributed by atoms with van der Waals surface area (Å²) in [4.78, 5) is 3.64. The normalized spacial score (nSPS) is 11.5. The van der Waals surface area contributed by atoms with E-state index in [4.69, 9.17) is 31.4 Å². The molecule has 0 bridgehead atoms. The molecular formula is C6H8BClNO4-. The zero-order valence-corrected chi connectivity index (χ0v) is 7.56. The molecule has 0 aromatic carbocycles. The van der Waals surface area contributed by atoms with Crippen molar-refractivity contribution >= 4 is 23.8 Å². The summed E-state index contributed by atoms with van der Waals surface area (Å²) in [6, 6.07) is 1.13. The lowest BCUT2D eigenvalue weighted by molar-refractivity contribution is 0.248. The summed E-state index contributed by atoms with van der Waals surface area (Å²) in [5.41, 5.74) is -0.192. The van der Waals surface area contributed by atoms with Crippen molar-refractivity contribution < 1.29 is 19.8 Å². The number of halogens is 1. The summed E-state index contributed by atoms with van der Waals surface area (Å²) in [6.45, 7) is -3.61. The molecule has 3 N–H and O–H groups in total. The maximum absolute atomic E-state index is 8.93. The number of aromatic nitrogens is 1. The van der Waals surface area contributed by atoms with Crippen LogP contribution >= 0.6 is 11.6 Å². The molecule has 0 aliphatic heterocycles. The SMILES string of the molecule is COc1cnc(Cl)cc1[B-](O)(O)O. The number of nitrogens with zero attached hydrogens (tertiary/aromatic N) is 1. The average Bonchev–Trinajstić information content (AvgIpc) is 2.03. The second-order valence-electron chi connectivity index (χ2n) is 2.48. The van der Waals surface area contributed by atoms with E-state index in [1.54, 1.807) is 0 Å². The van der Waals surface area contributed by atoms with Crippen LogP contribution < -0.4 is 10.2 Å². The second-order valence-corrected chi connectivity index (χ2v) is 2.87. The molecule has 1 aromatic rings. The van der Waals surface area contributed by atoms with E-state index >= 15 is 0 Å². The van der Waals surface area contributed by atoms with E-state index in [1.165, 1.54) is 13.3 Å². The lowest BCUT2D eigenvalue weighted by Crippen LogP contribution is -2.49. The molecule has 0 aliphatic carbocycles. The van der Waals surface area contributed by atoms with Gasteiger partial charge in [0, 0.05) is 0 Å². The molecule has 7 heteroatoms. The molecule has 72 valence electrons. The molecule has 0 unspecified atom stereocenters. The number of rotatable bonds is 2. The predicted molar refractivity (Wildman–Crippen MR) is 47.8 cm³/mol. The van der Waals surface area contributed by atoms with Crippen LogP contribution in [0.25, 0.3) is 0 Å². The third-order valence-corrected chi connectivity index (χ3v) is 1.71. The predicted octanol–water partition coefficient (Wildman–Crippen LogP) is -1.13. The summed E-state index contributed by atoms with van der Waals surface area (Å²) in [6.07, 6.45) is 1.19. The molecule has 0 spiro atoms. The topological polar surface area (TPSA) is 82.8 Å². The van der Waals surface area contributed by atoms with Gasteiger partial charge in [-0.15, -0.1) is 0 Å². The summed E-state index contributed by atoms with van der Waals surface area (Å²) in [7, 11) is 1.32. The van der Waals surface area contributed by atoms with Gasteiger partial charge in [-0.2, -0.15) is 0 Å². The maximum atomic E-state index is 8.93. The van der Waals surface area contributed by atoms with Crippen molar-refractivity contribution in [1.82, 2.24) is 4.98 Å². The Morgan fingerprint density at radius 2 is 2.08 bits per heavy atom. The fourth-order valence-electron chi connectivity index (χ4n) is 0.905. The summed E-state index contributed by atoms with van der Waals surface area (Å²) in [5.74, 6) is 0.0666. The van der Waals surface area contributed by atoms with Crippen LogP contribution in [0.1, 0.15) is 0 Å². The van der Waals surface area contributed by atoms with Crippen molar-refractivity contribution in [3.05, 3.63) is 17.4 Å². The van der Waals surface area contributed by atoms with Crippen LogP contribution in [0.5, 0.6) is 5.75 Å². The highest BCUT2D eigenvalue weighted by Gasteiger charge is 2.23. The molecule has 5 nitrogen and oxygen atoms in total. The fraction of sp³-hybridized carbons (Fsp3) is 0.167. The average molecular weight is 204 g/mol. The standard InChI is InChI=1S/C6H8BClNO4/c1-13-5-3-9-6(8)2-4(5)7(10,11)12/h2-3,10-12H,1H3/q-1. The minimum atomic E-state index is -3.61. The van der Waals surface area contributed by atoms with Crippen molar-refractivity contribution in [1.29, 1.82) is 0 Å². The second kappa shape index (κ2) is 3.51. The molecule has 0 fully saturated rings. The van der Waals surface area contributed by atoms with E-state index in [9.17, 15) is 0 Å². The number of hydrogen-bond donors (Lipinski definition) is 3. The van der Waals surface area contributed by atoms with Crippen molar-refractivity contribution in [3.8, 4) is 5.75 Å². The molecule has 1 rings (SSSR count). The minimum Gasteiger partial charge on any atom is -0.556 e. The first-order valence-electron chi connectivity index (χ1n) is 3.46. The van der Waals surface area contributed by atoms with Crippen LogP contribution in [0.3, 0.4) is 0 Å². The Labute approximate surface area is 79.6 Å². The van der Waals surface area contributed by atoms with E-state index in [1.807, 2.05) is 0 Å². The first-order valence-corrected chi connectivity index (χ1v) is 3.84.